The number of aryl methyl sites for hydroxylation is 2. The minimum atomic E-state index is -0.203. The molecule has 2 heterocycles. The summed E-state index contributed by atoms with van der Waals surface area (Å²) >= 11 is 1.39. The fraction of sp³-hybridized carbons (Fsp3) is 0.400. The lowest BCUT2D eigenvalue weighted by Gasteiger charge is -2.17. The summed E-state index contributed by atoms with van der Waals surface area (Å²) in [7, 11) is 0. The van der Waals surface area contributed by atoms with Crippen molar-refractivity contribution in [3.8, 4) is 23.3 Å². The van der Waals surface area contributed by atoms with Crippen molar-refractivity contribution >= 4 is 17.2 Å². The zero-order chi connectivity index (χ0) is 18.7. The van der Waals surface area contributed by atoms with Crippen LogP contribution in [0.25, 0.3) is 0 Å². The van der Waals surface area contributed by atoms with Gasteiger partial charge in [0.25, 0.3) is 5.91 Å². The number of aromatic nitrogens is 1. The Kier molecular flexibility index (Phi) is 5.19. The number of amides is 1. The van der Waals surface area contributed by atoms with E-state index in [2.05, 4.69) is 42.1 Å². The van der Waals surface area contributed by atoms with Gasteiger partial charge in [0.2, 0.25) is 0 Å². The maximum absolute atomic E-state index is 12.1. The fourth-order valence-electron chi connectivity index (χ4n) is 2.88. The molecule has 1 N–H and O–H groups in total. The normalized spacial score (nSPS) is 14.0. The van der Waals surface area contributed by atoms with E-state index in [1.165, 1.54) is 11.3 Å². The summed E-state index contributed by atoms with van der Waals surface area (Å²) in [6, 6.07) is 5.91. The monoisotopic (exact) mass is 370 g/mol. The van der Waals surface area contributed by atoms with E-state index in [0.717, 1.165) is 28.4 Å². The number of nitrogens with one attached hydrogen (secondary N) is 1. The van der Waals surface area contributed by atoms with E-state index in [1.54, 1.807) is 0 Å². The molecule has 0 atom stereocenters. The minimum absolute atomic E-state index is 0.139. The summed E-state index contributed by atoms with van der Waals surface area (Å²) in [4.78, 5) is 17.0. The largest absolute Gasteiger partial charge is 0.483 e. The number of carbonyl (C=O) groups is 1. The number of nitrogens with zero attached hydrogens (tertiary/aromatic N) is 1. The molecule has 136 valence electrons. The number of hydrogen-bond donors (Lipinski definition) is 1. The van der Waals surface area contributed by atoms with Crippen LogP contribution in [0.1, 0.15) is 39.8 Å². The van der Waals surface area contributed by atoms with E-state index in [-0.39, 0.29) is 24.7 Å². The number of benzene rings is 1. The predicted octanol–water partition coefficient (Wildman–Crippen LogP) is 3.29. The molecule has 1 aliphatic rings. The first-order valence-corrected chi connectivity index (χ1v) is 9.29. The van der Waals surface area contributed by atoms with Crippen molar-refractivity contribution in [2.45, 2.75) is 39.7 Å². The van der Waals surface area contributed by atoms with Gasteiger partial charge in [-0.15, -0.1) is 11.3 Å². The van der Waals surface area contributed by atoms with Gasteiger partial charge in [-0.25, -0.2) is 4.98 Å². The third kappa shape index (κ3) is 4.17. The second kappa shape index (κ2) is 7.38. The molecule has 5 nitrogen and oxygen atoms in total. The smallest absolute Gasteiger partial charge is 0.264 e. The number of fused-ring (bicyclic) bond motifs is 1. The zero-order valence-electron chi connectivity index (χ0n) is 15.4. The van der Waals surface area contributed by atoms with Crippen LogP contribution in [0.5, 0.6) is 11.5 Å². The van der Waals surface area contributed by atoms with Gasteiger partial charge < -0.3 is 14.8 Å². The van der Waals surface area contributed by atoms with E-state index in [4.69, 9.17) is 9.47 Å². The minimum Gasteiger partial charge on any atom is -0.483 e. The van der Waals surface area contributed by atoms with Crippen LogP contribution in [0.15, 0.2) is 18.2 Å². The zero-order valence-corrected chi connectivity index (χ0v) is 16.3. The highest BCUT2D eigenvalue weighted by atomic mass is 32.1. The molecule has 1 aliphatic heterocycles. The predicted molar refractivity (Wildman–Crippen MR) is 102 cm³/mol. The van der Waals surface area contributed by atoms with Crippen LogP contribution >= 0.6 is 11.3 Å². The molecule has 1 amide bonds. The Labute approximate surface area is 157 Å². The van der Waals surface area contributed by atoms with Crippen molar-refractivity contribution in [3.05, 3.63) is 39.3 Å². The molecule has 6 heteroatoms. The first-order valence-electron chi connectivity index (χ1n) is 8.47. The van der Waals surface area contributed by atoms with Gasteiger partial charge in [0.05, 0.1) is 17.2 Å². The van der Waals surface area contributed by atoms with Gasteiger partial charge in [0.1, 0.15) is 17.1 Å². The molecule has 0 aliphatic carbocycles. The van der Waals surface area contributed by atoms with Gasteiger partial charge in [-0.05, 0) is 33.8 Å². The molecular weight excluding hydrogens is 348 g/mol. The quantitative estimate of drug-likeness (QED) is 0.839. The molecule has 1 aromatic heterocycles. The number of rotatable bonds is 4. The molecule has 3 rings (SSSR count). The molecule has 0 bridgehead atoms. The van der Waals surface area contributed by atoms with Crippen LogP contribution in [-0.2, 0) is 6.42 Å². The fourth-order valence-corrected chi connectivity index (χ4v) is 3.71. The maximum Gasteiger partial charge on any atom is 0.264 e. The Morgan fingerprint density at radius 3 is 2.92 bits per heavy atom. The molecule has 2 aromatic rings. The second-order valence-electron chi connectivity index (χ2n) is 6.76. The first kappa shape index (κ1) is 18.3. The molecular formula is C20H22N2O3S. The van der Waals surface area contributed by atoms with Gasteiger partial charge >= 0.3 is 0 Å². The number of para-hydroxylation sites is 1. The maximum atomic E-state index is 12.1. The van der Waals surface area contributed by atoms with Crippen molar-refractivity contribution in [1.29, 1.82) is 0 Å². The topological polar surface area (TPSA) is 60.5 Å². The average molecular weight is 370 g/mol. The van der Waals surface area contributed by atoms with E-state index in [1.807, 2.05) is 26.0 Å². The Morgan fingerprint density at radius 2 is 2.19 bits per heavy atom. The molecule has 0 saturated heterocycles. The van der Waals surface area contributed by atoms with Crippen LogP contribution in [0.3, 0.4) is 0 Å². The van der Waals surface area contributed by atoms with Crippen LogP contribution in [0.4, 0.5) is 0 Å². The van der Waals surface area contributed by atoms with E-state index < -0.39 is 0 Å². The van der Waals surface area contributed by atoms with Crippen molar-refractivity contribution in [2.75, 3.05) is 13.2 Å². The van der Waals surface area contributed by atoms with Crippen LogP contribution < -0.4 is 14.8 Å². The van der Waals surface area contributed by atoms with Gasteiger partial charge in [0.15, 0.2) is 11.5 Å². The summed E-state index contributed by atoms with van der Waals surface area (Å²) in [5.41, 5.74) is 1.70. The lowest BCUT2D eigenvalue weighted by molar-refractivity contribution is 0.0962. The lowest BCUT2D eigenvalue weighted by atomic mass is 10.0. The van der Waals surface area contributed by atoms with Gasteiger partial charge in [-0.3, -0.25) is 4.79 Å². The highest BCUT2D eigenvalue weighted by Crippen LogP contribution is 2.41. The lowest BCUT2D eigenvalue weighted by Crippen LogP contribution is -2.24. The van der Waals surface area contributed by atoms with Crippen LogP contribution in [-0.4, -0.2) is 29.6 Å². The molecule has 0 saturated carbocycles. The van der Waals surface area contributed by atoms with E-state index >= 15 is 0 Å². The third-order valence-electron chi connectivity index (χ3n) is 3.93. The second-order valence-corrected chi connectivity index (χ2v) is 7.96. The average Bonchev–Trinajstić information content (AvgIpc) is 3.07. The Morgan fingerprint density at radius 1 is 1.38 bits per heavy atom. The number of ether oxygens (including phenoxy) is 2. The Balaban J connectivity index is 1.49. The molecule has 0 unspecified atom stereocenters. The van der Waals surface area contributed by atoms with Crippen molar-refractivity contribution in [3.63, 3.8) is 0 Å². The first-order chi connectivity index (χ1) is 12.4. The van der Waals surface area contributed by atoms with Crippen LogP contribution in [0.2, 0.25) is 0 Å². The molecule has 0 spiro atoms. The summed E-state index contributed by atoms with van der Waals surface area (Å²) in [5.74, 6) is 7.20. The summed E-state index contributed by atoms with van der Waals surface area (Å²) < 4.78 is 11.7. The molecule has 0 radical (unpaired) electrons. The number of carbonyl (C=O) groups excluding carboxylic acids is 1. The highest BCUT2D eigenvalue weighted by molar-refractivity contribution is 7.13. The van der Waals surface area contributed by atoms with Crippen LogP contribution in [0, 0.1) is 25.7 Å². The van der Waals surface area contributed by atoms with E-state index in [9.17, 15) is 4.79 Å². The van der Waals surface area contributed by atoms with Gasteiger partial charge in [-0.2, -0.15) is 0 Å². The summed E-state index contributed by atoms with van der Waals surface area (Å²) in [5, 5.41) is 3.66. The molecule has 26 heavy (non-hydrogen) atoms. The summed E-state index contributed by atoms with van der Waals surface area (Å²) in [6.45, 7) is 8.36. The standard InChI is InChI=1S/C20H22N2O3S/c1-13-18(26-14(2)22-13)19(23)21-10-5-6-11-24-16-9-7-8-15-12-20(3,4)25-17(15)16/h7-9H,10-12H2,1-4H3,(H,21,23). The number of thiazole rings is 1. The van der Waals surface area contributed by atoms with Gasteiger partial charge in [0, 0.05) is 12.0 Å². The third-order valence-corrected chi connectivity index (χ3v) is 5.00. The Bertz CT molecular complexity index is 890. The number of hydrogen-bond acceptors (Lipinski definition) is 5. The highest BCUT2D eigenvalue weighted by Gasteiger charge is 2.32. The van der Waals surface area contributed by atoms with Gasteiger partial charge in [-0.1, -0.05) is 24.0 Å². The SMILES string of the molecule is Cc1nc(C)c(C(=O)NCC#CCOc2cccc3c2OC(C)(C)C3)s1. The van der Waals surface area contributed by atoms with Crippen molar-refractivity contribution in [2.24, 2.45) is 0 Å². The molecule has 1 aromatic carbocycles. The van der Waals surface area contributed by atoms with E-state index in [0.29, 0.717) is 10.6 Å². The summed E-state index contributed by atoms with van der Waals surface area (Å²) in [6.07, 6.45) is 0.869. The van der Waals surface area contributed by atoms with Crippen molar-refractivity contribution in [1.82, 2.24) is 10.3 Å². The van der Waals surface area contributed by atoms with Crippen molar-refractivity contribution < 1.29 is 14.3 Å². The molecule has 0 fully saturated rings. The Hall–Kier alpha value is -2.52.